The highest BCUT2D eigenvalue weighted by molar-refractivity contribution is 6.00. The third kappa shape index (κ3) is 6.83. The monoisotopic (exact) mass is 379 g/mol. The number of anilines is 1. The summed E-state index contributed by atoms with van der Waals surface area (Å²) >= 11 is 0. The number of nitrogens with one attached hydrogen (secondary N) is 1. The average Bonchev–Trinajstić information content (AvgIpc) is 2.72. The number of aryl methyl sites for hydroxylation is 1. The minimum absolute atomic E-state index is 0.0442. The van der Waals surface area contributed by atoms with Gasteiger partial charge in [-0.05, 0) is 42.7 Å². The van der Waals surface area contributed by atoms with Crippen molar-refractivity contribution < 1.29 is 19.1 Å². The van der Waals surface area contributed by atoms with Crippen LogP contribution < -0.4 is 5.32 Å². The van der Waals surface area contributed by atoms with Gasteiger partial charge in [0.05, 0.1) is 6.61 Å². The van der Waals surface area contributed by atoms with E-state index in [4.69, 9.17) is 4.74 Å². The molecule has 0 atom stereocenters. The minimum Gasteiger partial charge on any atom is -0.463 e. The van der Waals surface area contributed by atoms with E-state index in [2.05, 4.69) is 12.2 Å². The minimum atomic E-state index is -0.395. The van der Waals surface area contributed by atoms with E-state index >= 15 is 0 Å². The Morgan fingerprint density at radius 2 is 1.61 bits per heavy atom. The van der Waals surface area contributed by atoms with Gasteiger partial charge in [-0.25, -0.2) is 4.79 Å². The molecule has 2 aromatic carbocycles. The summed E-state index contributed by atoms with van der Waals surface area (Å²) in [5.74, 6) is -0.653. The summed E-state index contributed by atoms with van der Waals surface area (Å²) in [7, 11) is 0. The molecule has 0 heterocycles. The SMILES string of the molecule is CCOC(=O)/C=C/c1ccc(NC(=O)CCC(=O)c2ccc(CC)cc2)cc1. The van der Waals surface area contributed by atoms with Crippen LogP contribution in [0.2, 0.25) is 0 Å². The molecule has 0 radical (unpaired) electrons. The van der Waals surface area contributed by atoms with Gasteiger partial charge in [-0.15, -0.1) is 0 Å². The first-order valence-electron chi connectivity index (χ1n) is 9.38. The first-order chi connectivity index (χ1) is 13.5. The summed E-state index contributed by atoms with van der Waals surface area (Å²) in [5, 5.41) is 2.77. The topological polar surface area (TPSA) is 72.5 Å². The lowest BCUT2D eigenvalue weighted by Crippen LogP contribution is -2.13. The number of carbonyl (C=O) groups is 3. The fourth-order valence-corrected chi connectivity index (χ4v) is 2.55. The van der Waals surface area contributed by atoms with Crippen LogP contribution in [0.1, 0.15) is 48.2 Å². The average molecular weight is 379 g/mol. The van der Waals surface area contributed by atoms with Crippen LogP contribution in [-0.4, -0.2) is 24.3 Å². The fourth-order valence-electron chi connectivity index (χ4n) is 2.55. The molecule has 5 heteroatoms. The predicted molar refractivity (Wildman–Crippen MR) is 110 cm³/mol. The molecule has 5 nitrogen and oxygen atoms in total. The normalized spacial score (nSPS) is 10.6. The van der Waals surface area contributed by atoms with Gasteiger partial charge in [0.1, 0.15) is 0 Å². The lowest BCUT2D eigenvalue weighted by molar-refractivity contribution is -0.137. The van der Waals surface area contributed by atoms with Gasteiger partial charge in [0.15, 0.2) is 5.78 Å². The van der Waals surface area contributed by atoms with Gasteiger partial charge in [-0.3, -0.25) is 9.59 Å². The molecule has 2 aromatic rings. The van der Waals surface area contributed by atoms with Gasteiger partial charge < -0.3 is 10.1 Å². The number of Topliss-reactive ketones (excluding diaryl/α,β-unsaturated/α-hetero) is 1. The molecule has 1 amide bonds. The van der Waals surface area contributed by atoms with Crippen molar-refractivity contribution in [3.63, 3.8) is 0 Å². The van der Waals surface area contributed by atoms with Crippen LogP contribution in [0.25, 0.3) is 6.08 Å². The molecule has 0 unspecified atom stereocenters. The Labute approximate surface area is 165 Å². The molecule has 0 saturated heterocycles. The van der Waals surface area contributed by atoms with Crippen molar-refractivity contribution in [2.45, 2.75) is 33.1 Å². The van der Waals surface area contributed by atoms with E-state index in [9.17, 15) is 14.4 Å². The smallest absolute Gasteiger partial charge is 0.330 e. The largest absolute Gasteiger partial charge is 0.463 e. The first kappa shape index (κ1) is 21.1. The number of hydrogen-bond donors (Lipinski definition) is 1. The van der Waals surface area contributed by atoms with Crippen LogP contribution in [0.15, 0.2) is 54.6 Å². The Bertz CT molecular complexity index is 836. The second-order valence-electron chi connectivity index (χ2n) is 6.23. The van der Waals surface area contributed by atoms with Crippen molar-refractivity contribution in [2.75, 3.05) is 11.9 Å². The molecular weight excluding hydrogens is 354 g/mol. The van der Waals surface area contributed by atoms with Crippen molar-refractivity contribution >= 4 is 29.4 Å². The van der Waals surface area contributed by atoms with E-state index < -0.39 is 5.97 Å². The molecular formula is C23H25NO4. The van der Waals surface area contributed by atoms with Crippen LogP contribution in [0, 0.1) is 0 Å². The zero-order valence-electron chi connectivity index (χ0n) is 16.2. The molecule has 0 spiro atoms. The Balaban J connectivity index is 1.82. The molecule has 0 aliphatic rings. The number of esters is 1. The second kappa shape index (κ2) is 10.8. The van der Waals surface area contributed by atoms with E-state index in [1.54, 1.807) is 37.3 Å². The lowest BCUT2D eigenvalue weighted by Gasteiger charge is -2.06. The van der Waals surface area contributed by atoms with Gasteiger partial charge in [0.25, 0.3) is 0 Å². The highest BCUT2D eigenvalue weighted by Gasteiger charge is 2.09. The maximum atomic E-state index is 12.2. The quantitative estimate of drug-likeness (QED) is 0.397. The van der Waals surface area contributed by atoms with Gasteiger partial charge in [0.2, 0.25) is 5.91 Å². The first-order valence-corrected chi connectivity index (χ1v) is 9.38. The van der Waals surface area contributed by atoms with Crippen molar-refractivity contribution in [2.24, 2.45) is 0 Å². The van der Waals surface area contributed by atoms with Crippen molar-refractivity contribution in [1.82, 2.24) is 0 Å². The van der Waals surface area contributed by atoms with Crippen LogP contribution in [0.4, 0.5) is 5.69 Å². The van der Waals surface area contributed by atoms with Crippen molar-refractivity contribution in [3.05, 3.63) is 71.3 Å². The van der Waals surface area contributed by atoms with Gasteiger partial charge >= 0.3 is 5.97 Å². The maximum Gasteiger partial charge on any atom is 0.330 e. The van der Waals surface area contributed by atoms with Crippen LogP contribution >= 0.6 is 0 Å². The van der Waals surface area contributed by atoms with E-state index in [1.807, 2.05) is 24.3 Å². The number of hydrogen-bond acceptors (Lipinski definition) is 4. The standard InChI is InChI=1S/C23H25NO4/c1-3-17-5-10-19(11-6-17)21(25)14-15-22(26)24-20-12-7-18(8-13-20)9-16-23(27)28-4-2/h5-13,16H,3-4,14-15H2,1-2H3,(H,24,26)/b16-9+. The van der Waals surface area contributed by atoms with E-state index in [0.29, 0.717) is 17.9 Å². The number of ether oxygens (including phenoxy) is 1. The summed E-state index contributed by atoms with van der Waals surface area (Å²) in [4.78, 5) is 35.6. The molecule has 0 saturated carbocycles. The Hall–Kier alpha value is -3.21. The van der Waals surface area contributed by atoms with Crippen LogP contribution in [-0.2, 0) is 20.7 Å². The highest BCUT2D eigenvalue weighted by atomic mass is 16.5. The van der Waals surface area contributed by atoms with E-state index in [1.165, 1.54) is 11.6 Å². The number of rotatable bonds is 9. The Kier molecular flexibility index (Phi) is 8.15. The molecule has 0 fully saturated rings. The fraction of sp³-hybridized carbons (Fsp3) is 0.261. The van der Waals surface area contributed by atoms with Gasteiger partial charge in [-0.1, -0.05) is 43.3 Å². The molecule has 0 aliphatic heterocycles. The summed E-state index contributed by atoms with van der Waals surface area (Å²) in [5.41, 5.74) is 3.26. The third-order valence-electron chi connectivity index (χ3n) is 4.16. The summed E-state index contributed by atoms with van der Waals surface area (Å²) in [6.45, 7) is 4.14. The zero-order chi connectivity index (χ0) is 20.4. The zero-order valence-corrected chi connectivity index (χ0v) is 16.2. The van der Waals surface area contributed by atoms with Crippen molar-refractivity contribution in [1.29, 1.82) is 0 Å². The summed E-state index contributed by atoms with van der Waals surface area (Å²) in [6.07, 6.45) is 4.21. The molecule has 146 valence electrons. The molecule has 2 rings (SSSR count). The Morgan fingerprint density at radius 3 is 2.21 bits per heavy atom. The van der Waals surface area contributed by atoms with E-state index in [-0.39, 0.29) is 24.5 Å². The molecule has 1 N–H and O–H groups in total. The Morgan fingerprint density at radius 1 is 0.929 bits per heavy atom. The summed E-state index contributed by atoms with van der Waals surface area (Å²) < 4.78 is 4.82. The number of ketones is 1. The van der Waals surface area contributed by atoms with Gasteiger partial charge in [0, 0.05) is 30.2 Å². The number of carbonyl (C=O) groups excluding carboxylic acids is 3. The summed E-state index contributed by atoms with van der Waals surface area (Å²) in [6, 6.07) is 14.5. The molecule has 0 aliphatic carbocycles. The van der Waals surface area contributed by atoms with Crippen LogP contribution in [0.5, 0.6) is 0 Å². The lowest BCUT2D eigenvalue weighted by atomic mass is 10.0. The van der Waals surface area contributed by atoms with Crippen LogP contribution in [0.3, 0.4) is 0 Å². The predicted octanol–water partition coefficient (Wildman–Crippen LogP) is 4.43. The highest BCUT2D eigenvalue weighted by Crippen LogP contribution is 2.13. The molecule has 0 bridgehead atoms. The molecule has 28 heavy (non-hydrogen) atoms. The number of amides is 1. The maximum absolute atomic E-state index is 12.2. The van der Waals surface area contributed by atoms with E-state index in [0.717, 1.165) is 12.0 Å². The third-order valence-corrected chi connectivity index (χ3v) is 4.16. The van der Waals surface area contributed by atoms with Crippen molar-refractivity contribution in [3.8, 4) is 0 Å². The number of benzene rings is 2. The second-order valence-corrected chi connectivity index (χ2v) is 6.23. The van der Waals surface area contributed by atoms with Gasteiger partial charge in [-0.2, -0.15) is 0 Å². The molecule has 0 aromatic heterocycles.